The SMILES string of the molecule is N=C(N)N.O=[Si]=O. The maximum atomic E-state index is 8.40. The van der Waals surface area contributed by atoms with E-state index in [1.165, 1.54) is 0 Å². The van der Waals surface area contributed by atoms with Crippen molar-refractivity contribution >= 4 is 15.3 Å². The van der Waals surface area contributed by atoms with Gasteiger partial charge in [0, 0.05) is 0 Å². The zero-order valence-corrected chi connectivity index (χ0v) is 4.47. The van der Waals surface area contributed by atoms with Gasteiger partial charge in [0.15, 0.2) is 5.96 Å². The molecule has 0 amide bonds. The van der Waals surface area contributed by atoms with Crippen LogP contribution < -0.4 is 11.5 Å². The number of nitrogens with one attached hydrogen (secondary N) is 1. The molecule has 0 saturated heterocycles. The zero-order chi connectivity index (χ0) is 6.28. The van der Waals surface area contributed by atoms with Crippen molar-refractivity contribution in [3.05, 3.63) is 0 Å². The highest BCUT2D eigenvalue weighted by atomic mass is 28.2. The Morgan fingerprint density at radius 2 is 1.43 bits per heavy atom. The fourth-order valence-corrected chi connectivity index (χ4v) is 0. The predicted octanol–water partition coefficient (Wildman–Crippen LogP) is -1.78. The number of nitrogens with two attached hydrogens (primary N) is 2. The lowest BCUT2D eigenvalue weighted by Crippen LogP contribution is -2.20. The third-order valence-corrected chi connectivity index (χ3v) is 0. The molecule has 0 aliphatic rings. The Morgan fingerprint density at radius 1 is 1.43 bits per heavy atom. The molecule has 0 aromatic rings. The van der Waals surface area contributed by atoms with Crippen molar-refractivity contribution in [2.24, 2.45) is 11.5 Å². The average molecular weight is 119 g/mol. The van der Waals surface area contributed by atoms with Crippen LogP contribution in [0.1, 0.15) is 0 Å². The molecule has 40 valence electrons. The van der Waals surface area contributed by atoms with E-state index in [-0.39, 0.29) is 5.96 Å². The lowest BCUT2D eigenvalue weighted by molar-refractivity contribution is 0.497. The van der Waals surface area contributed by atoms with Gasteiger partial charge in [-0.2, -0.15) is 0 Å². The first-order valence-electron chi connectivity index (χ1n) is 1.24. The molecule has 0 radical (unpaired) electrons. The van der Waals surface area contributed by atoms with Crippen LogP contribution in [0, 0.1) is 5.41 Å². The summed E-state index contributed by atoms with van der Waals surface area (Å²) in [7, 11) is -1.42. The van der Waals surface area contributed by atoms with Crippen molar-refractivity contribution in [1.29, 1.82) is 5.41 Å². The van der Waals surface area contributed by atoms with E-state index in [9.17, 15) is 0 Å². The first-order valence-corrected chi connectivity index (χ1v) is 2.05. The highest BCUT2D eigenvalue weighted by molar-refractivity contribution is 5.94. The molecule has 0 unspecified atom stereocenters. The minimum atomic E-state index is -1.42. The highest BCUT2D eigenvalue weighted by Crippen LogP contribution is 1.13. The molecule has 0 saturated carbocycles. The Morgan fingerprint density at radius 3 is 1.43 bits per heavy atom. The average Bonchev–Trinajstić information content (AvgIpc) is 1.33. The van der Waals surface area contributed by atoms with Crippen LogP contribution in [-0.2, 0) is 8.92 Å². The van der Waals surface area contributed by atoms with Gasteiger partial charge in [-0.1, -0.05) is 0 Å². The minimum Gasteiger partial charge on any atom is -0.370 e. The first-order chi connectivity index (χ1) is 3.15. The molecule has 0 aromatic carbocycles. The van der Waals surface area contributed by atoms with E-state index < -0.39 is 9.29 Å². The Labute approximate surface area is 42.1 Å². The maximum Gasteiger partial charge on any atom is 0.549 e. The topological polar surface area (TPSA) is 110 Å². The van der Waals surface area contributed by atoms with Gasteiger partial charge >= 0.3 is 9.29 Å². The number of rotatable bonds is 0. The molecule has 0 fully saturated rings. The van der Waals surface area contributed by atoms with Crippen molar-refractivity contribution in [3.63, 3.8) is 0 Å². The highest BCUT2D eigenvalue weighted by Gasteiger charge is 1.52. The van der Waals surface area contributed by atoms with Crippen LogP contribution in [-0.4, -0.2) is 15.3 Å². The van der Waals surface area contributed by atoms with Gasteiger partial charge < -0.3 is 11.5 Å². The fraction of sp³-hybridized carbons (Fsp3) is 0. The van der Waals surface area contributed by atoms with Gasteiger partial charge in [0.05, 0.1) is 0 Å². The molecule has 0 aliphatic heterocycles. The van der Waals surface area contributed by atoms with E-state index in [0.717, 1.165) is 0 Å². The summed E-state index contributed by atoms with van der Waals surface area (Å²) in [5.41, 5.74) is 8.94. The van der Waals surface area contributed by atoms with Crippen LogP contribution in [0.15, 0.2) is 0 Å². The molecule has 5 N–H and O–H groups in total. The van der Waals surface area contributed by atoms with E-state index in [2.05, 4.69) is 11.5 Å². The van der Waals surface area contributed by atoms with E-state index in [1.807, 2.05) is 0 Å². The molecule has 0 aromatic heterocycles. The molecular weight excluding hydrogens is 114 g/mol. The normalized spacial score (nSPS) is 4.57. The fourth-order valence-electron chi connectivity index (χ4n) is 0. The molecule has 0 heterocycles. The van der Waals surface area contributed by atoms with Crippen LogP contribution in [0.3, 0.4) is 0 Å². The summed E-state index contributed by atoms with van der Waals surface area (Å²) < 4.78 is 16.8. The monoisotopic (exact) mass is 119 g/mol. The third kappa shape index (κ3) is 58.1. The Balaban J connectivity index is 0. The summed E-state index contributed by atoms with van der Waals surface area (Å²) >= 11 is 0. The largest absolute Gasteiger partial charge is 0.549 e. The van der Waals surface area contributed by atoms with Crippen LogP contribution in [0.25, 0.3) is 0 Å². The second-order valence-electron chi connectivity index (χ2n) is 0.539. The second-order valence-corrected chi connectivity index (χ2v) is 0.705. The van der Waals surface area contributed by atoms with Crippen molar-refractivity contribution in [3.8, 4) is 0 Å². The van der Waals surface area contributed by atoms with Crippen LogP contribution in [0.2, 0.25) is 0 Å². The summed E-state index contributed by atoms with van der Waals surface area (Å²) in [6, 6.07) is 0. The smallest absolute Gasteiger partial charge is 0.370 e. The van der Waals surface area contributed by atoms with Crippen LogP contribution in [0.5, 0.6) is 0 Å². The molecule has 0 atom stereocenters. The molecule has 0 rings (SSSR count). The van der Waals surface area contributed by atoms with E-state index >= 15 is 0 Å². The van der Waals surface area contributed by atoms with Gasteiger partial charge in [-0.25, -0.2) is 0 Å². The summed E-state index contributed by atoms with van der Waals surface area (Å²) in [6.07, 6.45) is 0. The molecule has 7 heavy (non-hydrogen) atoms. The Hall–Kier alpha value is -0.913. The standard InChI is InChI=1S/CH5N3.O2Si/c2-1(3)4;1-3-2/h(H5,2,3,4);. The van der Waals surface area contributed by atoms with Crippen molar-refractivity contribution in [1.82, 2.24) is 0 Å². The predicted molar refractivity (Wildman–Crippen MR) is 23.2 cm³/mol. The summed E-state index contributed by atoms with van der Waals surface area (Å²) in [4.78, 5) is 0. The molecule has 6 heteroatoms. The number of hydrogen-bond acceptors (Lipinski definition) is 3. The van der Waals surface area contributed by atoms with Crippen molar-refractivity contribution < 1.29 is 8.92 Å². The summed E-state index contributed by atoms with van der Waals surface area (Å²) in [5.74, 6) is -0.333. The zero-order valence-electron chi connectivity index (χ0n) is 3.47. The van der Waals surface area contributed by atoms with E-state index in [4.69, 9.17) is 14.3 Å². The molecule has 0 bridgehead atoms. The summed E-state index contributed by atoms with van der Waals surface area (Å²) in [6.45, 7) is 0. The summed E-state index contributed by atoms with van der Waals surface area (Å²) in [5, 5.41) is 6.06. The van der Waals surface area contributed by atoms with Crippen LogP contribution in [0.4, 0.5) is 0 Å². The van der Waals surface area contributed by atoms with E-state index in [0.29, 0.717) is 0 Å². The van der Waals surface area contributed by atoms with Crippen molar-refractivity contribution in [2.45, 2.75) is 0 Å². The van der Waals surface area contributed by atoms with Gasteiger partial charge in [0.1, 0.15) is 0 Å². The Bertz CT molecular complexity index is 80.9. The van der Waals surface area contributed by atoms with Gasteiger partial charge in [0.2, 0.25) is 0 Å². The molecule has 0 aliphatic carbocycles. The minimum absolute atomic E-state index is 0.333. The lowest BCUT2D eigenvalue weighted by atomic mass is 11.1. The maximum absolute atomic E-state index is 8.40. The van der Waals surface area contributed by atoms with Crippen molar-refractivity contribution in [2.75, 3.05) is 0 Å². The molecule has 5 nitrogen and oxygen atoms in total. The van der Waals surface area contributed by atoms with Gasteiger partial charge in [0.25, 0.3) is 0 Å². The van der Waals surface area contributed by atoms with E-state index in [1.54, 1.807) is 0 Å². The molecular formula is CH5N3O2Si. The lowest BCUT2D eigenvalue weighted by Gasteiger charge is -1.69. The quantitative estimate of drug-likeness (QED) is 0.199. The first kappa shape index (κ1) is 9.43. The Kier molecular flexibility index (Phi) is 12.0. The second kappa shape index (κ2) is 8.92. The molecule has 0 spiro atoms. The van der Waals surface area contributed by atoms with Gasteiger partial charge in [-0.15, -0.1) is 0 Å². The van der Waals surface area contributed by atoms with Gasteiger partial charge in [-0.05, 0) is 0 Å². The van der Waals surface area contributed by atoms with Gasteiger partial charge in [-0.3, -0.25) is 14.3 Å². The third-order valence-electron chi connectivity index (χ3n) is 0. The number of hydrogen-bond donors (Lipinski definition) is 3. The number of guanidine groups is 1. The van der Waals surface area contributed by atoms with Crippen LogP contribution >= 0.6 is 0 Å².